The van der Waals surface area contributed by atoms with Crippen LogP contribution >= 0.6 is 0 Å². The van der Waals surface area contributed by atoms with Crippen LogP contribution in [0.2, 0.25) is 0 Å². The smallest absolute Gasteiger partial charge is 0.319 e. The predicted molar refractivity (Wildman–Crippen MR) is 134 cm³/mol. The molecule has 34 heavy (non-hydrogen) atoms. The van der Waals surface area contributed by atoms with Crippen LogP contribution in [0.15, 0.2) is 24.3 Å². The summed E-state index contributed by atoms with van der Waals surface area (Å²) in [6.07, 6.45) is 6.30. The molecule has 8 nitrogen and oxygen atoms in total. The summed E-state index contributed by atoms with van der Waals surface area (Å²) >= 11 is 0. The summed E-state index contributed by atoms with van der Waals surface area (Å²) < 4.78 is 5.71. The summed E-state index contributed by atoms with van der Waals surface area (Å²) in [5.74, 6) is 1.83. The van der Waals surface area contributed by atoms with Gasteiger partial charge in [0.15, 0.2) is 5.82 Å². The second-order valence-electron chi connectivity index (χ2n) is 9.63. The summed E-state index contributed by atoms with van der Waals surface area (Å²) in [4.78, 5) is 27.1. The average molecular weight is 465 g/mol. The zero-order valence-electron chi connectivity index (χ0n) is 20.3. The molecule has 8 heteroatoms. The van der Waals surface area contributed by atoms with Gasteiger partial charge < -0.3 is 20.3 Å². The van der Waals surface area contributed by atoms with Crippen molar-refractivity contribution in [1.29, 1.82) is 0 Å². The highest BCUT2D eigenvalue weighted by atomic mass is 16.5. The lowest BCUT2D eigenvalue weighted by molar-refractivity contribution is 0.0982. The second kappa shape index (κ2) is 10.3. The molecular weight excluding hydrogens is 428 g/mol. The molecule has 2 amide bonds. The highest BCUT2D eigenvalue weighted by Crippen LogP contribution is 2.34. The van der Waals surface area contributed by atoms with E-state index < -0.39 is 0 Å². The number of nitrogens with zero attached hydrogens (tertiary/aromatic N) is 4. The van der Waals surface area contributed by atoms with Gasteiger partial charge in [0.1, 0.15) is 5.82 Å². The number of fused-ring (bicyclic) bond motifs is 1. The molecule has 2 aliphatic heterocycles. The predicted octanol–water partition coefficient (Wildman–Crippen LogP) is 3.81. The molecule has 2 aromatic rings. The number of rotatable bonds is 5. The van der Waals surface area contributed by atoms with Gasteiger partial charge in [-0.1, -0.05) is 12.8 Å². The summed E-state index contributed by atoms with van der Waals surface area (Å²) in [7, 11) is 0. The number of ether oxygens (including phenoxy) is 1. The van der Waals surface area contributed by atoms with Gasteiger partial charge in [-0.05, 0) is 57.4 Å². The Morgan fingerprint density at radius 3 is 2.68 bits per heavy atom. The van der Waals surface area contributed by atoms with Crippen LogP contribution in [0.25, 0.3) is 11.4 Å². The van der Waals surface area contributed by atoms with Crippen molar-refractivity contribution in [3.8, 4) is 11.4 Å². The number of carbonyl (C=O) groups excluding carboxylic acids is 1. The lowest BCUT2D eigenvalue weighted by Crippen LogP contribution is -2.46. The van der Waals surface area contributed by atoms with E-state index in [0.29, 0.717) is 12.6 Å². The maximum atomic E-state index is 11.9. The number of morpholine rings is 1. The summed E-state index contributed by atoms with van der Waals surface area (Å²) in [6, 6.07) is 8.59. The second-order valence-corrected chi connectivity index (χ2v) is 9.63. The number of nitrogens with one attached hydrogen (secondary N) is 2. The fraction of sp³-hybridized carbons (Fsp3) is 0.577. The van der Waals surface area contributed by atoms with Crippen molar-refractivity contribution in [1.82, 2.24) is 20.2 Å². The molecule has 1 aliphatic carbocycles. The molecular formula is C26H36N6O2. The Morgan fingerprint density at radius 1 is 1.15 bits per heavy atom. The number of aromatic nitrogens is 2. The van der Waals surface area contributed by atoms with E-state index in [1.54, 1.807) is 0 Å². The molecule has 0 spiro atoms. The summed E-state index contributed by atoms with van der Waals surface area (Å²) in [5, 5.41) is 5.61. The third kappa shape index (κ3) is 4.88. The molecule has 2 N–H and O–H groups in total. The third-order valence-electron chi connectivity index (χ3n) is 7.29. The van der Waals surface area contributed by atoms with Crippen LogP contribution in [0, 0.1) is 0 Å². The Labute approximate surface area is 202 Å². The molecule has 5 rings (SSSR count). The van der Waals surface area contributed by atoms with Crippen LogP contribution in [0.5, 0.6) is 0 Å². The maximum absolute atomic E-state index is 11.9. The van der Waals surface area contributed by atoms with Gasteiger partial charge in [-0.2, -0.15) is 0 Å². The number of carbonyl (C=O) groups is 1. The first-order valence-electron chi connectivity index (χ1n) is 12.8. The Kier molecular flexibility index (Phi) is 6.97. The molecule has 0 unspecified atom stereocenters. The zero-order valence-corrected chi connectivity index (χ0v) is 20.3. The van der Waals surface area contributed by atoms with Crippen molar-refractivity contribution in [2.75, 3.05) is 43.1 Å². The third-order valence-corrected chi connectivity index (χ3v) is 7.29. The molecule has 3 heterocycles. The molecule has 2 fully saturated rings. The normalized spacial score (nSPS) is 21.4. The van der Waals surface area contributed by atoms with E-state index in [2.05, 4.69) is 27.4 Å². The Hall–Kier alpha value is -2.71. The lowest BCUT2D eigenvalue weighted by Gasteiger charge is -2.39. The minimum absolute atomic E-state index is 0.198. The van der Waals surface area contributed by atoms with Gasteiger partial charge in [-0.25, -0.2) is 14.8 Å². The highest BCUT2D eigenvalue weighted by Gasteiger charge is 2.32. The quantitative estimate of drug-likeness (QED) is 0.700. The number of amides is 2. The first kappa shape index (κ1) is 23.1. The van der Waals surface area contributed by atoms with E-state index in [4.69, 9.17) is 14.7 Å². The van der Waals surface area contributed by atoms with Crippen molar-refractivity contribution < 1.29 is 9.53 Å². The molecule has 1 saturated carbocycles. The molecule has 0 bridgehead atoms. The number of hydrogen-bond acceptors (Lipinski definition) is 6. The van der Waals surface area contributed by atoms with Crippen LogP contribution in [-0.2, 0) is 17.7 Å². The van der Waals surface area contributed by atoms with E-state index in [1.807, 2.05) is 31.2 Å². The topological polar surface area (TPSA) is 82.6 Å². The fourth-order valence-corrected chi connectivity index (χ4v) is 5.46. The van der Waals surface area contributed by atoms with Gasteiger partial charge in [-0.15, -0.1) is 0 Å². The standard InChI is InChI=1S/C26H36N6O2/c1-3-27-26(33)28-20-10-8-19(9-11-20)24-29-23-16-31(21-6-4-5-7-21)13-12-22(23)25(30-24)32-14-15-34-17-18(32)2/h8-11,18,21H,3-7,12-17H2,1-2H3,(H2,27,28,33)/t18-/m0/s1. The van der Waals surface area contributed by atoms with Crippen molar-refractivity contribution in [2.24, 2.45) is 0 Å². The van der Waals surface area contributed by atoms with Gasteiger partial charge in [0.2, 0.25) is 0 Å². The first-order chi connectivity index (χ1) is 16.6. The van der Waals surface area contributed by atoms with Crippen molar-refractivity contribution in [2.45, 2.75) is 64.6 Å². The zero-order chi connectivity index (χ0) is 23.5. The molecule has 1 aromatic carbocycles. The van der Waals surface area contributed by atoms with Crippen LogP contribution < -0.4 is 15.5 Å². The maximum Gasteiger partial charge on any atom is 0.319 e. The first-order valence-corrected chi connectivity index (χ1v) is 12.8. The van der Waals surface area contributed by atoms with Gasteiger partial charge in [0, 0.05) is 49.0 Å². The molecule has 1 atom stereocenters. The molecule has 3 aliphatic rings. The van der Waals surface area contributed by atoms with Gasteiger partial charge >= 0.3 is 6.03 Å². The minimum atomic E-state index is -0.198. The van der Waals surface area contributed by atoms with Crippen LogP contribution in [-0.4, -0.2) is 65.8 Å². The van der Waals surface area contributed by atoms with E-state index in [1.165, 1.54) is 36.9 Å². The Bertz CT molecular complexity index is 1010. The summed E-state index contributed by atoms with van der Waals surface area (Å²) in [5.41, 5.74) is 4.19. The van der Waals surface area contributed by atoms with Crippen LogP contribution in [0.3, 0.4) is 0 Å². The van der Waals surface area contributed by atoms with E-state index >= 15 is 0 Å². The van der Waals surface area contributed by atoms with E-state index in [-0.39, 0.29) is 12.1 Å². The van der Waals surface area contributed by atoms with Crippen LogP contribution in [0.4, 0.5) is 16.3 Å². The minimum Gasteiger partial charge on any atom is -0.377 e. The van der Waals surface area contributed by atoms with Crippen LogP contribution in [0.1, 0.15) is 50.8 Å². The van der Waals surface area contributed by atoms with Gasteiger partial charge in [0.25, 0.3) is 0 Å². The average Bonchev–Trinajstić information content (AvgIpc) is 3.39. The number of anilines is 2. The molecule has 0 radical (unpaired) electrons. The summed E-state index contributed by atoms with van der Waals surface area (Å²) in [6.45, 7) is 9.00. The van der Waals surface area contributed by atoms with Crippen molar-refractivity contribution >= 4 is 17.5 Å². The van der Waals surface area contributed by atoms with E-state index in [0.717, 1.165) is 62.2 Å². The number of benzene rings is 1. The number of hydrogen-bond donors (Lipinski definition) is 2. The largest absolute Gasteiger partial charge is 0.377 e. The monoisotopic (exact) mass is 464 g/mol. The Balaban J connectivity index is 1.46. The lowest BCUT2D eigenvalue weighted by atomic mass is 10.0. The fourth-order valence-electron chi connectivity index (χ4n) is 5.46. The van der Waals surface area contributed by atoms with Crippen molar-refractivity contribution in [3.05, 3.63) is 35.5 Å². The SMILES string of the molecule is CCNC(=O)Nc1ccc(-c2nc3c(c(N4CCOC[C@@H]4C)n2)CCN(C2CCCC2)C3)cc1. The van der Waals surface area contributed by atoms with Crippen molar-refractivity contribution in [3.63, 3.8) is 0 Å². The molecule has 1 saturated heterocycles. The molecule has 182 valence electrons. The number of urea groups is 1. The highest BCUT2D eigenvalue weighted by molar-refractivity contribution is 5.89. The van der Waals surface area contributed by atoms with E-state index in [9.17, 15) is 4.79 Å². The van der Waals surface area contributed by atoms with Gasteiger partial charge in [0.05, 0.1) is 24.9 Å². The van der Waals surface area contributed by atoms with Gasteiger partial charge in [-0.3, -0.25) is 4.90 Å². The molecule has 1 aromatic heterocycles. The Morgan fingerprint density at radius 2 is 1.94 bits per heavy atom.